The first kappa shape index (κ1) is 21.5. The van der Waals surface area contributed by atoms with Crippen molar-refractivity contribution in [3.63, 3.8) is 0 Å². The SMILES string of the molecule is N=C(N)NCCC(=S)Nc1ccc(S(=O)(=O)Nc2scnc2C(=O)O)cc1F. The molecule has 0 unspecified atom stereocenters. The van der Waals surface area contributed by atoms with Crippen molar-refractivity contribution >= 4 is 61.2 Å². The topological polar surface area (TPSA) is 170 Å². The summed E-state index contributed by atoms with van der Waals surface area (Å²) in [6.07, 6.45) is 0.277. The summed E-state index contributed by atoms with van der Waals surface area (Å²) in [5.41, 5.74) is 5.84. The molecule has 2 aromatic rings. The van der Waals surface area contributed by atoms with E-state index in [4.69, 9.17) is 28.5 Å². The number of halogens is 1. The van der Waals surface area contributed by atoms with E-state index >= 15 is 0 Å². The number of anilines is 2. The Morgan fingerprint density at radius 2 is 2.14 bits per heavy atom. The normalized spacial score (nSPS) is 10.9. The number of guanidine groups is 1. The van der Waals surface area contributed by atoms with Gasteiger partial charge in [-0.05, 0) is 18.2 Å². The van der Waals surface area contributed by atoms with Gasteiger partial charge >= 0.3 is 5.97 Å². The lowest BCUT2D eigenvalue weighted by atomic mass is 10.3. The van der Waals surface area contributed by atoms with E-state index in [1.54, 1.807) is 0 Å². The Hall–Kier alpha value is -2.84. The van der Waals surface area contributed by atoms with Gasteiger partial charge in [-0.2, -0.15) is 0 Å². The maximum absolute atomic E-state index is 14.3. The highest BCUT2D eigenvalue weighted by Crippen LogP contribution is 2.26. The molecule has 0 amide bonds. The average Bonchev–Trinajstić information content (AvgIpc) is 3.04. The number of thiazole rings is 1. The number of aromatic carboxylic acids is 1. The van der Waals surface area contributed by atoms with Crippen LogP contribution in [-0.2, 0) is 10.0 Å². The van der Waals surface area contributed by atoms with Gasteiger partial charge in [0.2, 0.25) is 0 Å². The number of nitrogens with one attached hydrogen (secondary N) is 4. The van der Waals surface area contributed by atoms with Crippen LogP contribution in [0.2, 0.25) is 0 Å². The van der Waals surface area contributed by atoms with E-state index in [9.17, 15) is 17.6 Å². The minimum absolute atomic E-state index is 0.0317. The fraction of sp³-hybridized carbons (Fsp3) is 0.143. The molecule has 0 radical (unpaired) electrons. The van der Waals surface area contributed by atoms with Crippen LogP contribution in [0, 0.1) is 11.2 Å². The maximum Gasteiger partial charge on any atom is 0.357 e. The first-order chi connectivity index (χ1) is 13.1. The number of carboxylic acids is 1. The van der Waals surface area contributed by atoms with Crippen LogP contribution in [0.25, 0.3) is 0 Å². The molecule has 1 aromatic heterocycles. The molecule has 0 atom stereocenters. The number of thiocarbonyl (C=S) groups is 1. The molecule has 0 aliphatic carbocycles. The lowest BCUT2D eigenvalue weighted by Crippen LogP contribution is -2.32. The summed E-state index contributed by atoms with van der Waals surface area (Å²) in [5.74, 6) is -2.48. The smallest absolute Gasteiger partial charge is 0.357 e. The number of carboxylic acid groups (broad SMARTS) is 1. The summed E-state index contributed by atoms with van der Waals surface area (Å²) >= 11 is 5.84. The summed E-state index contributed by atoms with van der Waals surface area (Å²) in [5, 5.41) is 21.0. The lowest BCUT2D eigenvalue weighted by molar-refractivity contribution is 0.0692. The molecule has 28 heavy (non-hydrogen) atoms. The molecular weight excluding hydrogens is 431 g/mol. The van der Waals surface area contributed by atoms with E-state index in [-0.39, 0.29) is 34.6 Å². The van der Waals surface area contributed by atoms with Crippen LogP contribution in [0.3, 0.4) is 0 Å². The third-order valence-corrected chi connectivity index (χ3v) is 5.71. The van der Waals surface area contributed by atoms with E-state index in [1.807, 2.05) is 0 Å². The second-order valence-corrected chi connectivity index (χ2v) is 8.25. The van der Waals surface area contributed by atoms with Crippen molar-refractivity contribution in [2.45, 2.75) is 11.3 Å². The van der Waals surface area contributed by atoms with Gasteiger partial charge in [-0.1, -0.05) is 12.2 Å². The lowest BCUT2D eigenvalue weighted by Gasteiger charge is -2.11. The van der Waals surface area contributed by atoms with E-state index in [0.717, 1.165) is 23.5 Å². The highest BCUT2D eigenvalue weighted by Gasteiger charge is 2.22. The van der Waals surface area contributed by atoms with Crippen LogP contribution >= 0.6 is 23.6 Å². The molecular formula is C14H15FN6O4S3. The number of nitrogens with zero attached hydrogens (tertiary/aromatic N) is 1. The van der Waals surface area contributed by atoms with Crippen molar-refractivity contribution in [3.05, 3.63) is 35.2 Å². The molecule has 0 bridgehead atoms. The molecule has 0 saturated heterocycles. The molecule has 0 aliphatic rings. The molecule has 0 aliphatic heterocycles. The van der Waals surface area contributed by atoms with Crippen molar-refractivity contribution in [2.24, 2.45) is 5.73 Å². The number of nitrogens with two attached hydrogens (primary N) is 1. The van der Waals surface area contributed by atoms with Crippen molar-refractivity contribution in [1.29, 1.82) is 5.41 Å². The predicted molar refractivity (Wildman–Crippen MR) is 107 cm³/mol. The minimum atomic E-state index is -4.22. The zero-order valence-corrected chi connectivity index (χ0v) is 16.5. The molecule has 10 nitrogen and oxygen atoms in total. The van der Waals surface area contributed by atoms with Crippen LogP contribution in [0.1, 0.15) is 16.9 Å². The first-order valence-electron chi connectivity index (χ1n) is 7.47. The maximum atomic E-state index is 14.3. The van der Waals surface area contributed by atoms with Crippen molar-refractivity contribution in [3.8, 4) is 0 Å². The molecule has 2 rings (SSSR count). The third kappa shape index (κ3) is 5.58. The van der Waals surface area contributed by atoms with Crippen LogP contribution in [-0.4, -0.2) is 42.0 Å². The number of carbonyl (C=O) groups is 1. The molecule has 1 heterocycles. The molecule has 150 valence electrons. The van der Waals surface area contributed by atoms with E-state index < -0.39 is 32.4 Å². The van der Waals surface area contributed by atoms with E-state index in [0.29, 0.717) is 0 Å². The Balaban J connectivity index is 2.12. The van der Waals surface area contributed by atoms with Gasteiger partial charge in [-0.15, -0.1) is 11.3 Å². The second kappa shape index (κ2) is 8.90. The fourth-order valence-corrected chi connectivity index (χ4v) is 4.15. The summed E-state index contributed by atoms with van der Waals surface area (Å²) in [4.78, 5) is 14.4. The molecule has 1 aromatic carbocycles. The second-order valence-electron chi connectivity index (χ2n) is 5.22. The van der Waals surface area contributed by atoms with Gasteiger partial charge < -0.3 is 21.5 Å². The van der Waals surface area contributed by atoms with Crippen molar-refractivity contribution in [1.82, 2.24) is 10.3 Å². The predicted octanol–water partition coefficient (Wildman–Crippen LogP) is 1.39. The highest BCUT2D eigenvalue weighted by atomic mass is 32.2. The van der Waals surface area contributed by atoms with Gasteiger partial charge in [0.1, 0.15) is 10.8 Å². The largest absolute Gasteiger partial charge is 0.476 e. The summed E-state index contributed by atoms with van der Waals surface area (Å²) in [7, 11) is -4.22. The van der Waals surface area contributed by atoms with Crippen LogP contribution in [0.15, 0.2) is 28.6 Å². The number of hydrogen-bond donors (Lipinski definition) is 6. The average molecular weight is 447 g/mol. The Morgan fingerprint density at radius 3 is 2.75 bits per heavy atom. The number of rotatable bonds is 8. The number of aromatic nitrogens is 1. The summed E-state index contributed by atoms with van der Waals surface area (Å²) < 4.78 is 41.1. The molecule has 0 fully saturated rings. The summed E-state index contributed by atoms with van der Waals surface area (Å²) in [6.45, 7) is 0.278. The summed E-state index contributed by atoms with van der Waals surface area (Å²) in [6, 6.07) is 3.12. The highest BCUT2D eigenvalue weighted by molar-refractivity contribution is 7.93. The molecule has 7 N–H and O–H groups in total. The Bertz CT molecular complexity index is 1020. The van der Waals surface area contributed by atoms with Gasteiger partial charge in [0.25, 0.3) is 10.0 Å². The van der Waals surface area contributed by atoms with E-state index in [1.165, 1.54) is 11.6 Å². The van der Waals surface area contributed by atoms with Gasteiger partial charge in [0.15, 0.2) is 11.7 Å². The molecule has 0 spiro atoms. The van der Waals surface area contributed by atoms with Gasteiger partial charge in [-0.3, -0.25) is 10.1 Å². The number of hydrogen-bond acceptors (Lipinski definition) is 7. The first-order valence-corrected chi connectivity index (χ1v) is 10.2. The zero-order chi connectivity index (χ0) is 20.9. The molecule has 14 heteroatoms. The van der Waals surface area contributed by atoms with Crippen LogP contribution < -0.4 is 21.1 Å². The van der Waals surface area contributed by atoms with Crippen molar-refractivity contribution in [2.75, 3.05) is 16.6 Å². The van der Waals surface area contributed by atoms with Gasteiger partial charge in [0.05, 0.1) is 21.1 Å². The van der Waals surface area contributed by atoms with Crippen molar-refractivity contribution < 1.29 is 22.7 Å². The molecule has 0 saturated carbocycles. The van der Waals surface area contributed by atoms with E-state index in [2.05, 4.69) is 20.3 Å². The Kier molecular flexibility index (Phi) is 6.82. The quantitative estimate of drug-likeness (QED) is 0.199. The standard InChI is InChI=1S/C14H15FN6O4S3/c15-8-5-7(1-2-9(8)20-10(26)3-4-18-14(16)17)28(24,25)21-12-11(13(22)23)19-6-27-12/h1-2,5-6,21H,3-4H2,(H,20,26)(H,22,23)(H4,16,17,18). The fourth-order valence-electron chi connectivity index (χ4n) is 1.94. The third-order valence-electron chi connectivity index (χ3n) is 3.19. The monoisotopic (exact) mass is 446 g/mol. The number of benzene rings is 1. The van der Waals surface area contributed by atoms with Gasteiger partial charge in [0, 0.05) is 13.0 Å². The number of sulfonamides is 1. The van der Waals surface area contributed by atoms with Gasteiger partial charge in [-0.25, -0.2) is 22.6 Å². The van der Waals surface area contributed by atoms with Crippen LogP contribution in [0.4, 0.5) is 15.1 Å². The minimum Gasteiger partial charge on any atom is -0.476 e. The Labute approximate surface area is 168 Å². The van der Waals surface area contributed by atoms with Crippen LogP contribution in [0.5, 0.6) is 0 Å². The zero-order valence-electron chi connectivity index (χ0n) is 14.0. The Morgan fingerprint density at radius 1 is 1.43 bits per heavy atom.